The normalized spacial score (nSPS) is 19.8. The van der Waals surface area contributed by atoms with Crippen molar-refractivity contribution in [2.75, 3.05) is 51.3 Å². The number of methoxy groups -OCH3 is 1. The van der Waals surface area contributed by atoms with Crippen molar-refractivity contribution < 1.29 is 27.8 Å². The number of phenolic OH excluding ortho intramolecular Hbond substituents is 1. The van der Waals surface area contributed by atoms with Crippen LogP contribution in [-0.2, 0) is 0 Å². The van der Waals surface area contributed by atoms with Crippen LogP contribution in [0.25, 0.3) is 32.9 Å². The first-order chi connectivity index (χ1) is 23.2. The van der Waals surface area contributed by atoms with E-state index in [4.69, 9.17) is 20.9 Å². The molecule has 0 radical (unpaired) electrons. The van der Waals surface area contributed by atoms with Crippen molar-refractivity contribution in [3.8, 4) is 41.2 Å². The van der Waals surface area contributed by atoms with Crippen LogP contribution in [0.1, 0.15) is 44.6 Å². The molecule has 4 heterocycles. The molecular weight excluding hydrogens is 619 g/mol. The van der Waals surface area contributed by atoms with Crippen molar-refractivity contribution in [3.63, 3.8) is 0 Å². The summed E-state index contributed by atoms with van der Waals surface area (Å²) in [6.07, 6.45) is 13.0. The zero-order valence-corrected chi connectivity index (χ0v) is 27.1. The third-order valence-corrected chi connectivity index (χ3v) is 9.76. The molecule has 3 aliphatic rings. The number of aromatic hydroxyl groups is 1. The molecule has 2 aromatic carbocycles. The summed E-state index contributed by atoms with van der Waals surface area (Å²) in [6, 6.07) is 5.44. The fourth-order valence-electron chi connectivity index (χ4n) is 6.98. The van der Waals surface area contributed by atoms with Crippen molar-refractivity contribution in [1.29, 1.82) is 0 Å². The Morgan fingerprint density at radius 3 is 2.60 bits per heavy atom. The number of benzene rings is 2. The summed E-state index contributed by atoms with van der Waals surface area (Å²) in [5.74, 6) is 1.51. The fourth-order valence-corrected chi connectivity index (χ4v) is 6.98. The van der Waals surface area contributed by atoms with Gasteiger partial charge in [0.15, 0.2) is 5.82 Å². The minimum absolute atomic E-state index is 0.0151. The predicted molar refractivity (Wildman–Crippen MR) is 179 cm³/mol. The third-order valence-electron chi connectivity index (χ3n) is 9.76. The van der Waals surface area contributed by atoms with Crippen molar-refractivity contribution in [1.82, 2.24) is 19.9 Å². The van der Waals surface area contributed by atoms with Gasteiger partial charge in [-0.25, -0.2) is 18.2 Å². The number of likely N-dealkylation sites (tertiary alicyclic amines) is 1. The summed E-state index contributed by atoms with van der Waals surface area (Å²) < 4.78 is 57.8. The van der Waals surface area contributed by atoms with Gasteiger partial charge in [-0.3, -0.25) is 0 Å². The molecule has 1 saturated carbocycles. The number of aromatic nitrogens is 3. The van der Waals surface area contributed by atoms with Crippen molar-refractivity contribution in [3.05, 3.63) is 53.6 Å². The molecule has 2 aliphatic heterocycles. The molecule has 0 amide bonds. The molecule has 48 heavy (non-hydrogen) atoms. The maximum Gasteiger partial charge on any atom is 0.319 e. The summed E-state index contributed by atoms with van der Waals surface area (Å²) >= 11 is 0. The Morgan fingerprint density at radius 1 is 1.08 bits per heavy atom. The Labute approximate surface area is 277 Å². The summed E-state index contributed by atoms with van der Waals surface area (Å²) in [5, 5.41) is 11.5. The van der Waals surface area contributed by atoms with E-state index in [1.165, 1.54) is 31.4 Å². The van der Waals surface area contributed by atoms with E-state index in [1.807, 2.05) is 4.90 Å². The molecular formula is C37H38F3N5O3. The standard InChI is InChI=1S/C37H38F3N5O3/c1-4-26-28(39)9-8-23-17-25(46)18-27(29(23)26)32-31(40)33-30(35(41-32)47-3)34(45-14-6-5-7-22(2)19-45)43-36(42-33)48-21-37(12-13-37)20-44-15-10-24(38)11-16-44/h1,5-6,8-9,17-18,22,24,46H,7,10-16,19-21H2,2-3H3. The Hall–Kier alpha value is -4.56. The van der Waals surface area contributed by atoms with Crippen LogP contribution in [0, 0.1) is 35.3 Å². The first-order valence-corrected chi connectivity index (χ1v) is 16.4. The van der Waals surface area contributed by atoms with Gasteiger partial charge in [-0.15, -0.1) is 6.42 Å². The largest absolute Gasteiger partial charge is 0.508 e. The van der Waals surface area contributed by atoms with Gasteiger partial charge in [0.1, 0.15) is 40.2 Å². The van der Waals surface area contributed by atoms with E-state index in [0.29, 0.717) is 49.7 Å². The Kier molecular flexibility index (Phi) is 8.54. The van der Waals surface area contributed by atoms with Gasteiger partial charge < -0.3 is 24.4 Å². The highest BCUT2D eigenvalue weighted by Gasteiger charge is 2.45. The molecule has 250 valence electrons. The molecule has 2 fully saturated rings. The summed E-state index contributed by atoms with van der Waals surface area (Å²) in [7, 11) is 1.43. The SMILES string of the molecule is C#Cc1c(F)ccc2cc(O)cc(-c3nc(OC)c4c(N5CC=CCC(C)C5)nc(OCC5(CN6CCC(F)CC6)CC5)nc4c3F)c12. The van der Waals surface area contributed by atoms with Crippen molar-refractivity contribution in [2.24, 2.45) is 11.3 Å². The van der Waals surface area contributed by atoms with Crippen LogP contribution < -0.4 is 14.4 Å². The summed E-state index contributed by atoms with van der Waals surface area (Å²) in [4.78, 5) is 18.4. The van der Waals surface area contributed by atoms with Gasteiger partial charge in [-0.1, -0.05) is 31.1 Å². The van der Waals surface area contributed by atoms with E-state index in [0.717, 1.165) is 38.9 Å². The zero-order chi connectivity index (χ0) is 33.6. The zero-order valence-electron chi connectivity index (χ0n) is 27.1. The average Bonchev–Trinajstić information content (AvgIpc) is 3.88. The maximum atomic E-state index is 17.0. The second-order valence-corrected chi connectivity index (χ2v) is 13.5. The molecule has 11 heteroatoms. The van der Waals surface area contributed by atoms with E-state index in [1.54, 1.807) is 0 Å². The van der Waals surface area contributed by atoms with Crippen molar-refractivity contribution in [2.45, 2.75) is 45.2 Å². The number of piperidine rings is 1. The molecule has 1 aliphatic carbocycles. The molecule has 0 spiro atoms. The monoisotopic (exact) mass is 657 g/mol. The van der Waals surface area contributed by atoms with E-state index in [2.05, 4.69) is 39.9 Å². The van der Waals surface area contributed by atoms with Crippen LogP contribution >= 0.6 is 0 Å². The topological polar surface area (TPSA) is 83.8 Å². The number of hydrogen-bond acceptors (Lipinski definition) is 8. The van der Waals surface area contributed by atoms with Gasteiger partial charge >= 0.3 is 6.01 Å². The molecule has 2 aromatic heterocycles. The number of allylic oxidation sites excluding steroid dienone is 1. The number of halogens is 3. The number of hydrogen-bond donors (Lipinski definition) is 1. The number of ether oxygens (including phenoxy) is 2. The summed E-state index contributed by atoms with van der Waals surface area (Å²) in [5.41, 5.74) is -0.374. The Morgan fingerprint density at radius 2 is 1.88 bits per heavy atom. The minimum atomic E-state index is -0.813. The van der Waals surface area contributed by atoms with Crippen LogP contribution in [0.4, 0.5) is 19.0 Å². The summed E-state index contributed by atoms with van der Waals surface area (Å²) in [6.45, 7) is 5.87. The number of fused-ring (bicyclic) bond motifs is 2. The molecule has 1 saturated heterocycles. The first kappa shape index (κ1) is 32.0. The quantitative estimate of drug-likeness (QED) is 0.164. The number of rotatable bonds is 8. The van der Waals surface area contributed by atoms with E-state index in [-0.39, 0.29) is 56.2 Å². The number of terminal acetylenes is 1. The average molecular weight is 658 g/mol. The highest BCUT2D eigenvalue weighted by Crippen LogP contribution is 2.47. The van der Waals surface area contributed by atoms with Crippen LogP contribution in [-0.4, -0.2) is 77.6 Å². The maximum absolute atomic E-state index is 17.0. The lowest BCUT2D eigenvalue weighted by atomic mass is 9.95. The molecule has 4 aromatic rings. The fraction of sp³-hybridized carbons (Fsp3) is 0.432. The second-order valence-electron chi connectivity index (χ2n) is 13.5. The lowest BCUT2D eigenvalue weighted by Gasteiger charge is -2.31. The molecule has 1 N–H and O–H groups in total. The number of anilines is 1. The molecule has 7 rings (SSSR count). The molecule has 8 nitrogen and oxygen atoms in total. The lowest BCUT2D eigenvalue weighted by molar-refractivity contribution is 0.107. The van der Waals surface area contributed by atoms with Crippen molar-refractivity contribution >= 4 is 27.5 Å². The number of phenols is 1. The van der Waals surface area contributed by atoms with Gasteiger partial charge in [-0.2, -0.15) is 9.97 Å². The van der Waals surface area contributed by atoms with Crippen LogP contribution in [0.5, 0.6) is 17.6 Å². The predicted octanol–water partition coefficient (Wildman–Crippen LogP) is 6.81. The van der Waals surface area contributed by atoms with Gasteiger partial charge in [0, 0.05) is 49.1 Å². The van der Waals surface area contributed by atoms with Crippen LogP contribution in [0.15, 0.2) is 36.4 Å². The number of nitrogens with zero attached hydrogens (tertiary/aromatic N) is 5. The van der Waals surface area contributed by atoms with Gasteiger partial charge in [-0.05, 0) is 61.6 Å². The van der Waals surface area contributed by atoms with E-state index in [9.17, 15) is 13.9 Å². The molecule has 1 atom stereocenters. The Bertz CT molecular complexity index is 1950. The van der Waals surface area contributed by atoms with E-state index >= 15 is 4.39 Å². The smallest absolute Gasteiger partial charge is 0.319 e. The molecule has 0 bridgehead atoms. The highest BCUT2D eigenvalue weighted by atomic mass is 19.1. The highest BCUT2D eigenvalue weighted by molar-refractivity contribution is 6.04. The number of alkyl halides is 1. The minimum Gasteiger partial charge on any atom is -0.508 e. The van der Waals surface area contributed by atoms with Gasteiger partial charge in [0.05, 0.1) is 19.3 Å². The third kappa shape index (κ3) is 6.10. The Balaban J connectivity index is 1.36. The van der Waals surface area contributed by atoms with Crippen LogP contribution in [0.2, 0.25) is 0 Å². The lowest BCUT2D eigenvalue weighted by Crippen LogP contribution is -2.39. The number of pyridine rings is 1. The van der Waals surface area contributed by atoms with Crippen LogP contribution in [0.3, 0.4) is 0 Å². The first-order valence-electron chi connectivity index (χ1n) is 16.4. The van der Waals surface area contributed by atoms with E-state index < -0.39 is 17.8 Å². The van der Waals surface area contributed by atoms with Gasteiger partial charge in [0.2, 0.25) is 5.88 Å². The second kappa shape index (κ2) is 12.8. The van der Waals surface area contributed by atoms with Gasteiger partial charge in [0.25, 0.3) is 0 Å². The molecule has 1 unspecified atom stereocenters.